The van der Waals surface area contributed by atoms with E-state index in [9.17, 15) is 4.79 Å². The van der Waals surface area contributed by atoms with E-state index in [2.05, 4.69) is 15.6 Å². The summed E-state index contributed by atoms with van der Waals surface area (Å²) in [7, 11) is 3.45. The number of carbonyl (C=O) groups is 1. The van der Waals surface area contributed by atoms with Crippen molar-refractivity contribution in [2.45, 2.75) is 44.6 Å². The number of methoxy groups -OCH3 is 1. The molecule has 0 aromatic carbocycles. The van der Waals surface area contributed by atoms with Crippen LogP contribution in [0.15, 0.2) is 4.99 Å². The van der Waals surface area contributed by atoms with Gasteiger partial charge in [0.15, 0.2) is 5.96 Å². The van der Waals surface area contributed by atoms with Gasteiger partial charge in [-0.05, 0) is 25.7 Å². The van der Waals surface area contributed by atoms with Gasteiger partial charge < -0.3 is 25.0 Å². The Bertz CT molecular complexity index is 425. The molecule has 1 saturated carbocycles. The molecule has 1 unspecified atom stereocenters. The van der Waals surface area contributed by atoms with E-state index in [4.69, 9.17) is 9.47 Å². The minimum Gasteiger partial charge on any atom is -0.382 e. The Morgan fingerprint density at radius 3 is 2.72 bits per heavy atom. The van der Waals surface area contributed by atoms with Crippen molar-refractivity contribution in [1.29, 1.82) is 0 Å². The number of rotatable bonds is 9. The van der Waals surface area contributed by atoms with Crippen LogP contribution in [0, 0.1) is 5.92 Å². The van der Waals surface area contributed by atoms with Crippen LogP contribution < -0.4 is 10.6 Å². The summed E-state index contributed by atoms with van der Waals surface area (Å²) in [6.07, 6.45) is 6.46. The molecule has 1 amide bonds. The zero-order valence-electron chi connectivity index (χ0n) is 15.8. The molecule has 0 radical (unpaired) electrons. The van der Waals surface area contributed by atoms with Crippen LogP contribution in [0.1, 0.15) is 38.5 Å². The zero-order valence-corrected chi connectivity index (χ0v) is 15.8. The van der Waals surface area contributed by atoms with Gasteiger partial charge in [-0.3, -0.25) is 9.79 Å². The fourth-order valence-corrected chi connectivity index (χ4v) is 3.52. The number of aliphatic imine (C=N–C) groups is 1. The zero-order chi connectivity index (χ0) is 17.9. The highest BCUT2D eigenvalue weighted by molar-refractivity contribution is 5.81. The first-order valence-electron chi connectivity index (χ1n) is 9.57. The van der Waals surface area contributed by atoms with Gasteiger partial charge in [-0.25, -0.2) is 0 Å². The summed E-state index contributed by atoms with van der Waals surface area (Å²) in [6.45, 7) is 4.43. The molecule has 1 heterocycles. The van der Waals surface area contributed by atoms with Crippen molar-refractivity contribution in [3.8, 4) is 0 Å². The van der Waals surface area contributed by atoms with E-state index < -0.39 is 0 Å². The predicted molar refractivity (Wildman–Crippen MR) is 98.8 cm³/mol. The number of nitrogens with zero attached hydrogens (tertiary/aromatic N) is 2. The van der Waals surface area contributed by atoms with Gasteiger partial charge in [-0.15, -0.1) is 0 Å². The Kier molecular flexibility index (Phi) is 9.04. The van der Waals surface area contributed by atoms with Crippen LogP contribution >= 0.6 is 0 Å². The van der Waals surface area contributed by atoms with Crippen molar-refractivity contribution >= 4 is 11.9 Å². The number of nitrogens with one attached hydrogen (secondary N) is 2. The summed E-state index contributed by atoms with van der Waals surface area (Å²) in [5.41, 5.74) is 0. The smallest absolute Gasteiger partial charge is 0.225 e. The largest absolute Gasteiger partial charge is 0.382 e. The number of hydrogen-bond acceptors (Lipinski definition) is 4. The number of guanidine groups is 1. The lowest BCUT2D eigenvalue weighted by atomic mass is 10.1. The third kappa shape index (κ3) is 6.82. The van der Waals surface area contributed by atoms with Crippen LogP contribution in [-0.2, 0) is 14.3 Å². The first-order valence-corrected chi connectivity index (χ1v) is 9.57. The monoisotopic (exact) mass is 354 g/mol. The highest BCUT2D eigenvalue weighted by Gasteiger charge is 2.32. The van der Waals surface area contributed by atoms with Crippen LogP contribution in [0.2, 0.25) is 0 Å². The van der Waals surface area contributed by atoms with Crippen molar-refractivity contribution < 1.29 is 14.3 Å². The van der Waals surface area contributed by atoms with Crippen LogP contribution in [-0.4, -0.2) is 76.4 Å². The second-order valence-electron chi connectivity index (χ2n) is 6.85. The maximum absolute atomic E-state index is 12.5. The normalized spacial score (nSPS) is 21.8. The minimum absolute atomic E-state index is 0.272. The first kappa shape index (κ1) is 20.0. The fourth-order valence-electron chi connectivity index (χ4n) is 3.52. The standard InChI is InChI=1S/C18H34N4O3/c1-19-18(20-9-5-11-25-13-12-24-2)21-16-8-10-22(14-16)17(23)15-6-3-4-7-15/h15-16H,3-14H2,1-2H3,(H2,19,20,21). The Hall–Kier alpha value is -1.34. The van der Waals surface area contributed by atoms with E-state index in [-0.39, 0.29) is 12.0 Å². The SMILES string of the molecule is CN=C(NCCCOCCOC)NC1CCN(C(=O)C2CCCC2)C1. The summed E-state index contributed by atoms with van der Waals surface area (Å²) in [5.74, 6) is 1.43. The average Bonchev–Trinajstić information content (AvgIpc) is 3.31. The number of likely N-dealkylation sites (tertiary alicyclic amines) is 1. The van der Waals surface area contributed by atoms with Gasteiger partial charge in [-0.2, -0.15) is 0 Å². The molecule has 1 aliphatic heterocycles. The maximum atomic E-state index is 12.5. The quantitative estimate of drug-likeness (QED) is 0.367. The van der Waals surface area contributed by atoms with Crippen LogP contribution in [0.5, 0.6) is 0 Å². The predicted octanol–water partition coefficient (Wildman–Crippen LogP) is 0.996. The molecule has 0 aromatic rings. The Morgan fingerprint density at radius 1 is 1.20 bits per heavy atom. The molecular formula is C18H34N4O3. The van der Waals surface area contributed by atoms with Crippen molar-refractivity contribution in [3.63, 3.8) is 0 Å². The van der Waals surface area contributed by atoms with Crippen molar-refractivity contribution in [2.75, 3.05) is 53.6 Å². The highest BCUT2D eigenvalue weighted by Crippen LogP contribution is 2.27. The van der Waals surface area contributed by atoms with Gasteiger partial charge in [-0.1, -0.05) is 12.8 Å². The molecule has 0 bridgehead atoms. The molecule has 7 heteroatoms. The van der Waals surface area contributed by atoms with E-state index >= 15 is 0 Å². The van der Waals surface area contributed by atoms with Crippen LogP contribution in [0.25, 0.3) is 0 Å². The number of carbonyl (C=O) groups excluding carboxylic acids is 1. The molecule has 2 rings (SSSR count). The van der Waals surface area contributed by atoms with E-state index in [0.717, 1.165) is 51.3 Å². The van der Waals surface area contributed by atoms with E-state index in [1.54, 1.807) is 14.2 Å². The number of ether oxygens (including phenoxy) is 2. The second kappa shape index (κ2) is 11.3. The Labute approximate surface area is 151 Å². The maximum Gasteiger partial charge on any atom is 0.225 e. The van der Waals surface area contributed by atoms with Crippen molar-refractivity contribution in [3.05, 3.63) is 0 Å². The third-order valence-electron chi connectivity index (χ3n) is 4.96. The summed E-state index contributed by atoms with van der Waals surface area (Å²) in [4.78, 5) is 18.8. The van der Waals surface area contributed by atoms with Gasteiger partial charge in [0.1, 0.15) is 0 Å². The van der Waals surface area contributed by atoms with Gasteiger partial charge in [0.05, 0.1) is 13.2 Å². The van der Waals surface area contributed by atoms with E-state index in [1.807, 2.05) is 4.90 Å². The first-order chi connectivity index (χ1) is 12.2. The fraction of sp³-hybridized carbons (Fsp3) is 0.889. The summed E-state index contributed by atoms with van der Waals surface area (Å²) < 4.78 is 10.4. The molecule has 1 aliphatic carbocycles. The number of amides is 1. The third-order valence-corrected chi connectivity index (χ3v) is 4.96. The van der Waals surface area contributed by atoms with Crippen molar-refractivity contribution in [2.24, 2.45) is 10.9 Å². The summed E-state index contributed by atoms with van der Waals surface area (Å²) in [5, 5.41) is 6.75. The average molecular weight is 354 g/mol. The summed E-state index contributed by atoms with van der Waals surface area (Å²) >= 11 is 0. The lowest BCUT2D eigenvalue weighted by Crippen LogP contribution is -2.45. The summed E-state index contributed by atoms with van der Waals surface area (Å²) in [6, 6.07) is 0.287. The molecule has 1 atom stereocenters. The molecule has 2 N–H and O–H groups in total. The topological polar surface area (TPSA) is 75.2 Å². The minimum atomic E-state index is 0.272. The Morgan fingerprint density at radius 2 is 2.00 bits per heavy atom. The highest BCUT2D eigenvalue weighted by atomic mass is 16.5. The Balaban J connectivity index is 1.60. The second-order valence-corrected chi connectivity index (χ2v) is 6.85. The van der Waals surface area contributed by atoms with Gasteiger partial charge in [0.25, 0.3) is 0 Å². The molecule has 7 nitrogen and oxygen atoms in total. The molecule has 2 aliphatic rings. The molecule has 25 heavy (non-hydrogen) atoms. The van der Waals surface area contributed by atoms with Gasteiger partial charge in [0, 0.05) is 52.4 Å². The number of hydrogen-bond donors (Lipinski definition) is 2. The van der Waals surface area contributed by atoms with Crippen LogP contribution in [0.4, 0.5) is 0 Å². The molecule has 0 spiro atoms. The van der Waals surface area contributed by atoms with Crippen molar-refractivity contribution in [1.82, 2.24) is 15.5 Å². The lowest BCUT2D eigenvalue weighted by molar-refractivity contribution is -0.134. The van der Waals surface area contributed by atoms with Gasteiger partial charge in [0.2, 0.25) is 5.91 Å². The molecule has 144 valence electrons. The van der Waals surface area contributed by atoms with Crippen LogP contribution in [0.3, 0.4) is 0 Å². The molecule has 1 saturated heterocycles. The van der Waals surface area contributed by atoms with Gasteiger partial charge >= 0.3 is 0 Å². The molecule has 0 aromatic heterocycles. The van der Waals surface area contributed by atoms with E-state index in [1.165, 1.54) is 12.8 Å². The molecular weight excluding hydrogens is 320 g/mol. The molecule has 2 fully saturated rings. The lowest BCUT2D eigenvalue weighted by Gasteiger charge is -2.21. The van der Waals surface area contributed by atoms with E-state index in [0.29, 0.717) is 25.7 Å².